The van der Waals surface area contributed by atoms with Gasteiger partial charge in [0.05, 0.1) is 19.1 Å². The average Bonchev–Trinajstić information content (AvgIpc) is 3.05. The number of benzene rings is 2. The Kier molecular flexibility index (Phi) is 27.6. The third kappa shape index (κ3) is 27.8. The van der Waals surface area contributed by atoms with E-state index in [0.717, 1.165) is 30.9 Å². The molecule has 9 heteroatoms. The van der Waals surface area contributed by atoms with Crippen molar-refractivity contribution in [3.8, 4) is 0 Å². The maximum atomic E-state index is 12.6. The topological polar surface area (TPSA) is 128 Å². The Hall–Kier alpha value is -4.08. The largest absolute Gasteiger partial charge is 0.462 e. The normalized spacial score (nSPS) is 12.4. The number of aldehydes is 1. The molecule has 0 spiro atoms. The van der Waals surface area contributed by atoms with Crippen LogP contribution in [0.2, 0.25) is 0 Å². The number of rotatable bonds is 13. The first kappa shape index (κ1) is 48.0. The molecule has 1 unspecified atom stereocenters. The Balaban J connectivity index is 0. The summed E-state index contributed by atoms with van der Waals surface area (Å²) in [5, 5.41) is 2.72. The molecule has 3 N–H and O–H groups in total. The number of hydrogen-bond donors (Lipinski definition) is 2. The molecule has 2 aromatic rings. The Morgan fingerprint density at radius 1 is 0.940 bits per heavy atom. The van der Waals surface area contributed by atoms with Crippen LogP contribution in [0.4, 0.5) is 0 Å². The maximum Gasteiger partial charge on any atom is 0.293 e. The van der Waals surface area contributed by atoms with Crippen LogP contribution in [0.1, 0.15) is 79.4 Å². The van der Waals surface area contributed by atoms with Gasteiger partial charge in [0.15, 0.2) is 0 Å². The van der Waals surface area contributed by atoms with Gasteiger partial charge in [0.1, 0.15) is 11.9 Å². The first-order valence-electron chi connectivity index (χ1n) is 17.2. The lowest BCUT2D eigenvalue weighted by atomic mass is 9.84. The van der Waals surface area contributed by atoms with Gasteiger partial charge in [-0.15, -0.1) is 0 Å². The molecule has 3 rings (SSSR count). The smallest absolute Gasteiger partial charge is 0.293 e. The number of primary amides is 1. The van der Waals surface area contributed by atoms with Gasteiger partial charge in [-0.3, -0.25) is 14.4 Å². The van der Waals surface area contributed by atoms with Gasteiger partial charge in [-0.1, -0.05) is 114 Å². The van der Waals surface area contributed by atoms with Crippen LogP contribution in [0.15, 0.2) is 84.5 Å². The lowest BCUT2D eigenvalue weighted by molar-refractivity contribution is -0.138. The van der Waals surface area contributed by atoms with E-state index in [4.69, 9.17) is 9.53 Å². The van der Waals surface area contributed by atoms with Gasteiger partial charge in [-0.05, 0) is 69.7 Å². The number of hydrogen-bond acceptors (Lipinski definition) is 7. The molecule has 1 aliphatic carbocycles. The standard InChI is InChI=1S/C23H30N2O2.C8H12O.C5H10O2.C4H10.CH3NO/c1-23(2,21-12-8-5-9-13-21)18-25(3)17-20(22(27)24-14-15-26)16-19-10-6-4-7-11-19;1-9-7-8-5-3-2-4-6-8;1-5(2,3)7-4-6;1-4(2)3;2-1-3/h4-13,15,20H,14,16-18H2,1-3H3,(H,24,27);3,5-6H,2,4,7H2,1H3;4H,1-3H3;4H,1-3H3;1H,(H2,2,3). The Bertz CT molecular complexity index is 1220. The number of methoxy groups -OCH3 is 1. The molecule has 0 aromatic heterocycles. The van der Waals surface area contributed by atoms with E-state index >= 15 is 0 Å². The van der Waals surface area contributed by atoms with E-state index in [9.17, 15) is 14.4 Å². The zero-order chi connectivity index (χ0) is 38.4. The fourth-order valence-electron chi connectivity index (χ4n) is 4.61. The van der Waals surface area contributed by atoms with Crippen molar-refractivity contribution >= 4 is 25.1 Å². The van der Waals surface area contributed by atoms with E-state index in [-0.39, 0.29) is 35.8 Å². The summed E-state index contributed by atoms with van der Waals surface area (Å²) in [4.78, 5) is 43.6. The van der Waals surface area contributed by atoms with Crippen molar-refractivity contribution in [3.63, 3.8) is 0 Å². The summed E-state index contributed by atoms with van der Waals surface area (Å²) < 4.78 is 9.51. The second kappa shape index (κ2) is 28.7. The van der Waals surface area contributed by atoms with Crippen molar-refractivity contribution in [2.45, 2.75) is 85.7 Å². The molecular formula is C41H65N3O6. The van der Waals surface area contributed by atoms with E-state index in [1.165, 1.54) is 24.0 Å². The first-order valence-corrected chi connectivity index (χ1v) is 17.2. The first-order chi connectivity index (χ1) is 23.6. The van der Waals surface area contributed by atoms with E-state index in [1.807, 2.05) is 57.2 Å². The highest BCUT2D eigenvalue weighted by Gasteiger charge is 2.26. The number of allylic oxidation sites excluding steroid dienone is 2. The minimum atomic E-state index is -0.318. The van der Waals surface area contributed by atoms with Crippen molar-refractivity contribution in [1.29, 1.82) is 0 Å². The number of nitrogens with one attached hydrogen (secondary N) is 1. The molecule has 0 fully saturated rings. The second-order valence-electron chi connectivity index (χ2n) is 14.1. The summed E-state index contributed by atoms with van der Waals surface area (Å²) in [6.07, 6.45) is 10.5. The molecule has 0 saturated carbocycles. The maximum absolute atomic E-state index is 12.6. The lowest BCUT2D eigenvalue weighted by Crippen LogP contribution is -2.43. The molecule has 0 saturated heterocycles. The van der Waals surface area contributed by atoms with E-state index < -0.39 is 0 Å². The summed E-state index contributed by atoms with van der Waals surface area (Å²) in [7, 11) is 3.78. The Morgan fingerprint density at radius 2 is 1.48 bits per heavy atom. The van der Waals surface area contributed by atoms with Crippen LogP contribution in [-0.2, 0) is 40.5 Å². The summed E-state index contributed by atoms with van der Waals surface area (Å²) in [6.45, 7) is 19.2. The molecule has 1 aliphatic rings. The lowest BCUT2D eigenvalue weighted by Gasteiger charge is -2.32. The number of likely N-dealkylation sites (N-methyl/N-ethyl adjacent to an activating group) is 1. The van der Waals surface area contributed by atoms with Crippen LogP contribution >= 0.6 is 0 Å². The molecule has 1 atom stereocenters. The monoisotopic (exact) mass is 695 g/mol. The molecule has 280 valence electrons. The summed E-state index contributed by atoms with van der Waals surface area (Å²) in [5.41, 5.74) is 7.54. The fourth-order valence-corrected chi connectivity index (χ4v) is 4.61. The molecular weight excluding hydrogens is 630 g/mol. The minimum Gasteiger partial charge on any atom is -0.462 e. The highest BCUT2D eigenvalue weighted by molar-refractivity contribution is 5.81. The zero-order valence-corrected chi connectivity index (χ0v) is 32.3. The van der Waals surface area contributed by atoms with Gasteiger partial charge < -0.3 is 30.2 Å². The van der Waals surface area contributed by atoms with Gasteiger partial charge in [0.2, 0.25) is 12.3 Å². The van der Waals surface area contributed by atoms with E-state index in [0.29, 0.717) is 19.4 Å². The molecule has 0 bridgehead atoms. The zero-order valence-electron chi connectivity index (χ0n) is 32.3. The van der Waals surface area contributed by atoms with Crippen LogP contribution in [0.25, 0.3) is 0 Å². The predicted molar refractivity (Wildman–Crippen MR) is 206 cm³/mol. The van der Waals surface area contributed by atoms with Crippen LogP contribution < -0.4 is 11.1 Å². The summed E-state index contributed by atoms with van der Waals surface area (Å²) >= 11 is 0. The van der Waals surface area contributed by atoms with Crippen molar-refractivity contribution in [2.75, 3.05) is 40.4 Å². The average molecular weight is 696 g/mol. The molecule has 2 aromatic carbocycles. The number of nitrogens with zero attached hydrogens (tertiary/aromatic N) is 1. The SMILES string of the molecule is CC(C)(C)OC=O.CC(C)C.CN(CC(Cc1ccccc1)C(=O)NCC=O)CC(C)(C)c1ccccc1.COCC1=CCCC=C1.NC=O. The van der Waals surface area contributed by atoms with E-state index in [2.05, 4.69) is 105 Å². The van der Waals surface area contributed by atoms with Crippen molar-refractivity contribution in [2.24, 2.45) is 17.6 Å². The van der Waals surface area contributed by atoms with Gasteiger partial charge in [-0.25, -0.2) is 0 Å². The predicted octanol–water partition coefficient (Wildman–Crippen LogP) is 6.70. The van der Waals surface area contributed by atoms with Crippen LogP contribution in [-0.4, -0.2) is 76.0 Å². The van der Waals surface area contributed by atoms with Gasteiger partial charge in [0.25, 0.3) is 6.47 Å². The Morgan fingerprint density at radius 3 is 1.90 bits per heavy atom. The minimum absolute atomic E-state index is 0.0213. The molecule has 0 aliphatic heterocycles. The summed E-state index contributed by atoms with van der Waals surface area (Å²) in [5.74, 6) is 0.555. The van der Waals surface area contributed by atoms with Gasteiger partial charge >= 0.3 is 0 Å². The number of amides is 2. The third-order valence-electron chi connectivity index (χ3n) is 6.59. The third-order valence-corrected chi connectivity index (χ3v) is 6.59. The molecule has 50 heavy (non-hydrogen) atoms. The molecule has 2 amide bonds. The second-order valence-corrected chi connectivity index (χ2v) is 14.1. The van der Waals surface area contributed by atoms with Crippen LogP contribution in [0, 0.1) is 11.8 Å². The fraction of sp³-hybridized carbons (Fsp3) is 0.512. The highest BCUT2D eigenvalue weighted by atomic mass is 16.5. The molecule has 0 heterocycles. The highest BCUT2D eigenvalue weighted by Crippen LogP contribution is 2.24. The number of carbonyl (C=O) groups is 4. The van der Waals surface area contributed by atoms with Gasteiger partial charge in [0, 0.05) is 25.6 Å². The van der Waals surface area contributed by atoms with Crippen molar-refractivity contribution in [3.05, 3.63) is 95.6 Å². The van der Waals surface area contributed by atoms with Crippen LogP contribution in [0.3, 0.4) is 0 Å². The summed E-state index contributed by atoms with van der Waals surface area (Å²) in [6, 6.07) is 20.4. The molecule has 0 radical (unpaired) electrons. The van der Waals surface area contributed by atoms with Crippen molar-refractivity contribution in [1.82, 2.24) is 10.2 Å². The number of carbonyl (C=O) groups excluding carboxylic acids is 4. The van der Waals surface area contributed by atoms with Crippen LogP contribution in [0.5, 0.6) is 0 Å². The number of nitrogens with two attached hydrogens (primary N) is 1. The quantitative estimate of drug-likeness (QED) is 0.223. The van der Waals surface area contributed by atoms with Crippen molar-refractivity contribution < 1.29 is 28.7 Å². The number of ether oxygens (including phenoxy) is 2. The van der Waals surface area contributed by atoms with Gasteiger partial charge in [-0.2, -0.15) is 0 Å². The Labute approximate surface area is 302 Å². The molecule has 9 nitrogen and oxygen atoms in total. The van der Waals surface area contributed by atoms with E-state index in [1.54, 1.807) is 7.11 Å².